The van der Waals surface area contributed by atoms with Gasteiger partial charge in [0, 0.05) is 17.7 Å². The smallest absolute Gasteiger partial charge is 0.183 e. The van der Waals surface area contributed by atoms with Crippen molar-refractivity contribution in [2.45, 2.75) is 25.8 Å². The number of ether oxygens (including phenoxy) is 1. The highest BCUT2D eigenvalue weighted by Crippen LogP contribution is 2.20. The van der Waals surface area contributed by atoms with Gasteiger partial charge >= 0.3 is 0 Å². The zero-order valence-corrected chi connectivity index (χ0v) is 8.56. The van der Waals surface area contributed by atoms with Gasteiger partial charge in [0.1, 0.15) is 0 Å². The summed E-state index contributed by atoms with van der Waals surface area (Å²) in [6.07, 6.45) is 4.12. The van der Waals surface area contributed by atoms with Crippen molar-refractivity contribution < 1.29 is 4.74 Å². The van der Waals surface area contributed by atoms with Gasteiger partial charge in [-0.15, -0.1) is 11.3 Å². The molecule has 1 fully saturated rings. The van der Waals surface area contributed by atoms with E-state index in [0.717, 1.165) is 31.2 Å². The molecule has 0 radical (unpaired) electrons. The Bertz CT molecular complexity index is 268. The molecule has 0 amide bonds. The molecule has 1 N–H and O–H groups in total. The first-order valence-corrected chi connectivity index (χ1v) is 5.49. The number of hydrogen-bond donors (Lipinski definition) is 1. The SMILES string of the molecule is CCc1cnc(NC2CCOC2)s1. The van der Waals surface area contributed by atoms with E-state index in [1.807, 2.05) is 6.20 Å². The Hall–Kier alpha value is -0.610. The van der Waals surface area contributed by atoms with Gasteiger partial charge in [-0.1, -0.05) is 6.92 Å². The van der Waals surface area contributed by atoms with Crippen molar-refractivity contribution in [3.8, 4) is 0 Å². The fourth-order valence-corrected chi connectivity index (χ4v) is 2.19. The third-order valence-electron chi connectivity index (χ3n) is 2.16. The average Bonchev–Trinajstić information content (AvgIpc) is 2.76. The van der Waals surface area contributed by atoms with E-state index in [0.29, 0.717) is 6.04 Å². The van der Waals surface area contributed by atoms with Crippen LogP contribution in [-0.2, 0) is 11.2 Å². The summed E-state index contributed by atoms with van der Waals surface area (Å²) in [6.45, 7) is 3.85. The Balaban J connectivity index is 1.92. The van der Waals surface area contributed by atoms with Crippen molar-refractivity contribution in [1.29, 1.82) is 0 Å². The molecule has 1 aliphatic heterocycles. The van der Waals surface area contributed by atoms with Gasteiger partial charge in [0.2, 0.25) is 0 Å². The number of nitrogens with one attached hydrogen (secondary N) is 1. The van der Waals surface area contributed by atoms with Crippen LogP contribution in [0.3, 0.4) is 0 Å². The van der Waals surface area contributed by atoms with Crippen molar-refractivity contribution >= 4 is 16.5 Å². The Morgan fingerprint density at radius 3 is 3.31 bits per heavy atom. The van der Waals surface area contributed by atoms with Crippen LogP contribution in [0.2, 0.25) is 0 Å². The molecule has 0 aliphatic carbocycles. The van der Waals surface area contributed by atoms with E-state index in [-0.39, 0.29) is 0 Å². The fourth-order valence-electron chi connectivity index (χ4n) is 1.36. The summed E-state index contributed by atoms with van der Waals surface area (Å²) in [5.41, 5.74) is 0. The van der Waals surface area contributed by atoms with Crippen molar-refractivity contribution in [3.63, 3.8) is 0 Å². The second-order valence-electron chi connectivity index (χ2n) is 3.19. The van der Waals surface area contributed by atoms with Gasteiger partial charge in [0.15, 0.2) is 5.13 Å². The molecule has 0 aromatic carbocycles. The Labute approximate surface area is 82.1 Å². The molecule has 1 atom stereocenters. The molecular formula is C9H14N2OS. The lowest BCUT2D eigenvalue weighted by Gasteiger charge is -2.07. The highest BCUT2D eigenvalue weighted by atomic mass is 32.1. The van der Waals surface area contributed by atoms with Gasteiger partial charge in [-0.2, -0.15) is 0 Å². The van der Waals surface area contributed by atoms with E-state index < -0.39 is 0 Å². The molecule has 13 heavy (non-hydrogen) atoms. The minimum absolute atomic E-state index is 0.468. The normalized spacial score (nSPS) is 22.1. The lowest BCUT2D eigenvalue weighted by atomic mass is 10.3. The van der Waals surface area contributed by atoms with Gasteiger partial charge < -0.3 is 10.1 Å². The maximum atomic E-state index is 5.28. The maximum Gasteiger partial charge on any atom is 0.183 e. The first-order chi connectivity index (χ1) is 6.38. The molecule has 1 aromatic rings. The molecule has 3 nitrogen and oxygen atoms in total. The van der Waals surface area contributed by atoms with Crippen LogP contribution in [0.25, 0.3) is 0 Å². The number of anilines is 1. The Kier molecular flexibility index (Phi) is 2.80. The van der Waals surface area contributed by atoms with Crippen LogP contribution in [0.15, 0.2) is 6.20 Å². The van der Waals surface area contributed by atoms with E-state index in [9.17, 15) is 0 Å². The van der Waals surface area contributed by atoms with Crippen LogP contribution in [0, 0.1) is 0 Å². The van der Waals surface area contributed by atoms with Crippen molar-refractivity contribution in [3.05, 3.63) is 11.1 Å². The second kappa shape index (κ2) is 4.07. The van der Waals surface area contributed by atoms with E-state index >= 15 is 0 Å². The lowest BCUT2D eigenvalue weighted by molar-refractivity contribution is 0.195. The summed E-state index contributed by atoms with van der Waals surface area (Å²) < 4.78 is 5.28. The molecule has 0 spiro atoms. The number of rotatable bonds is 3. The fraction of sp³-hybridized carbons (Fsp3) is 0.667. The molecule has 1 unspecified atom stereocenters. The number of thiazole rings is 1. The summed E-state index contributed by atoms with van der Waals surface area (Å²) in [7, 11) is 0. The summed E-state index contributed by atoms with van der Waals surface area (Å²) in [4.78, 5) is 5.64. The highest BCUT2D eigenvalue weighted by molar-refractivity contribution is 7.15. The number of aryl methyl sites for hydroxylation is 1. The Morgan fingerprint density at radius 2 is 2.69 bits per heavy atom. The molecule has 72 valence electrons. The van der Waals surface area contributed by atoms with Gasteiger partial charge in [-0.05, 0) is 12.8 Å². The quantitative estimate of drug-likeness (QED) is 0.805. The molecule has 1 aromatic heterocycles. The monoisotopic (exact) mass is 198 g/mol. The van der Waals surface area contributed by atoms with Crippen LogP contribution in [0.4, 0.5) is 5.13 Å². The molecule has 2 heterocycles. The highest BCUT2D eigenvalue weighted by Gasteiger charge is 2.16. The van der Waals surface area contributed by atoms with Crippen LogP contribution in [0.5, 0.6) is 0 Å². The van der Waals surface area contributed by atoms with Crippen molar-refractivity contribution in [1.82, 2.24) is 4.98 Å². The predicted octanol–water partition coefficient (Wildman–Crippen LogP) is 1.91. The van der Waals surface area contributed by atoms with E-state index in [2.05, 4.69) is 17.2 Å². The first-order valence-electron chi connectivity index (χ1n) is 4.67. The second-order valence-corrected chi connectivity index (χ2v) is 4.31. The third-order valence-corrected chi connectivity index (χ3v) is 3.23. The zero-order valence-electron chi connectivity index (χ0n) is 7.75. The summed E-state index contributed by atoms with van der Waals surface area (Å²) >= 11 is 1.74. The molecule has 2 rings (SSSR count). The summed E-state index contributed by atoms with van der Waals surface area (Å²) in [5.74, 6) is 0. The standard InChI is InChI=1S/C9H14N2OS/c1-2-8-5-10-9(13-8)11-7-3-4-12-6-7/h5,7H,2-4,6H2,1H3,(H,10,11). The molecule has 4 heteroatoms. The van der Waals surface area contributed by atoms with Crippen LogP contribution < -0.4 is 5.32 Å². The Morgan fingerprint density at radius 1 is 1.77 bits per heavy atom. The minimum Gasteiger partial charge on any atom is -0.379 e. The molecule has 0 bridgehead atoms. The van der Waals surface area contributed by atoms with Crippen LogP contribution >= 0.6 is 11.3 Å². The van der Waals surface area contributed by atoms with Gasteiger partial charge in [0.25, 0.3) is 0 Å². The average molecular weight is 198 g/mol. The predicted molar refractivity (Wildman–Crippen MR) is 54.3 cm³/mol. The van der Waals surface area contributed by atoms with Gasteiger partial charge in [0.05, 0.1) is 12.6 Å². The topological polar surface area (TPSA) is 34.2 Å². The van der Waals surface area contributed by atoms with Crippen LogP contribution in [0.1, 0.15) is 18.2 Å². The third kappa shape index (κ3) is 2.19. The molecule has 1 saturated heterocycles. The number of aromatic nitrogens is 1. The van der Waals surface area contributed by atoms with E-state index in [4.69, 9.17) is 4.74 Å². The number of hydrogen-bond acceptors (Lipinski definition) is 4. The zero-order chi connectivity index (χ0) is 9.10. The maximum absolute atomic E-state index is 5.28. The minimum atomic E-state index is 0.468. The number of nitrogens with zero attached hydrogens (tertiary/aromatic N) is 1. The lowest BCUT2D eigenvalue weighted by Crippen LogP contribution is -2.18. The van der Waals surface area contributed by atoms with Crippen LogP contribution in [-0.4, -0.2) is 24.2 Å². The molecule has 1 aliphatic rings. The van der Waals surface area contributed by atoms with E-state index in [1.165, 1.54) is 4.88 Å². The van der Waals surface area contributed by atoms with Gasteiger partial charge in [-0.3, -0.25) is 0 Å². The van der Waals surface area contributed by atoms with E-state index in [1.54, 1.807) is 11.3 Å². The molecular weight excluding hydrogens is 184 g/mol. The summed E-state index contributed by atoms with van der Waals surface area (Å²) in [6, 6.07) is 0.468. The van der Waals surface area contributed by atoms with Gasteiger partial charge in [-0.25, -0.2) is 4.98 Å². The molecule has 0 saturated carbocycles. The first kappa shape index (κ1) is 8.97. The largest absolute Gasteiger partial charge is 0.379 e. The van der Waals surface area contributed by atoms with Crippen molar-refractivity contribution in [2.24, 2.45) is 0 Å². The van der Waals surface area contributed by atoms with Crippen molar-refractivity contribution in [2.75, 3.05) is 18.5 Å². The summed E-state index contributed by atoms with van der Waals surface area (Å²) in [5, 5.41) is 4.41.